The normalized spacial score (nSPS) is 19.4. The standard InChI is InChI=1S/C18H27NO2.C3H6O2/c1-3-7-15-8-5-6-9-17(15)18(21-14-4-2)12-10-16(19-20)11-13-18;1-2-3(4)5/h5-6,8-9,20H,3-4,7,10-14H2,1-2H3;2H2,1H3,(H,4,5). The number of aliphatic carboxylic acids is 1. The highest BCUT2D eigenvalue weighted by Gasteiger charge is 2.38. The molecule has 26 heavy (non-hydrogen) atoms. The van der Waals surface area contributed by atoms with Crippen LogP contribution < -0.4 is 0 Å². The van der Waals surface area contributed by atoms with Crippen LogP contribution in [-0.2, 0) is 21.6 Å². The van der Waals surface area contributed by atoms with Gasteiger partial charge in [0, 0.05) is 13.0 Å². The van der Waals surface area contributed by atoms with Crippen molar-refractivity contribution in [2.24, 2.45) is 5.16 Å². The molecule has 5 heteroatoms. The monoisotopic (exact) mass is 363 g/mol. The molecule has 1 aliphatic carbocycles. The highest BCUT2D eigenvalue weighted by Crippen LogP contribution is 2.41. The second-order valence-corrected chi connectivity index (χ2v) is 6.66. The van der Waals surface area contributed by atoms with Gasteiger partial charge in [0.25, 0.3) is 0 Å². The largest absolute Gasteiger partial charge is 0.481 e. The maximum Gasteiger partial charge on any atom is 0.303 e. The van der Waals surface area contributed by atoms with Crippen LogP contribution in [0.25, 0.3) is 0 Å². The topological polar surface area (TPSA) is 79.1 Å². The van der Waals surface area contributed by atoms with Gasteiger partial charge in [0.05, 0.1) is 11.3 Å². The van der Waals surface area contributed by atoms with Crippen molar-refractivity contribution in [2.45, 2.75) is 77.7 Å². The van der Waals surface area contributed by atoms with Crippen molar-refractivity contribution in [3.8, 4) is 0 Å². The lowest BCUT2D eigenvalue weighted by molar-refractivity contribution is -0.136. The van der Waals surface area contributed by atoms with Crippen LogP contribution in [0.3, 0.4) is 0 Å². The van der Waals surface area contributed by atoms with E-state index in [1.165, 1.54) is 11.1 Å². The Morgan fingerprint density at radius 3 is 2.27 bits per heavy atom. The highest BCUT2D eigenvalue weighted by atomic mass is 16.5. The van der Waals surface area contributed by atoms with Crippen molar-refractivity contribution in [3.63, 3.8) is 0 Å². The Morgan fingerprint density at radius 1 is 1.15 bits per heavy atom. The van der Waals surface area contributed by atoms with Gasteiger partial charge in [-0.25, -0.2) is 0 Å². The van der Waals surface area contributed by atoms with E-state index in [0.29, 0.717) is 0 Å². The van der Waals surface area contributed by atoms with Crippen LogP contribution in [0.2, 0.25) is 0 Å². The van der Waals surface area contributed by atoms with E-state index >= 15 is 0 Å². The van der Waals surface area contributed by atoms with Crippen molar-refractivity contribution in [1.82, 2.24) is 0 Å². The van der Waals surface area contributed by atoms with Crippen LogP contribution in [0.4, 0.5) is 0 Å². The molecule has 0 bridgehead atoms. The first kappa shape index (κ1) is 22.2. The van der Waals surface area contributed by atoms with Gasteiger partial charge in [-0.15, -0.1) is 0 Å². The number of benzene rings is 1. The summed E-state index contributed by atoms with van der Waals surface area (Å²) in [7, 11) is 0. The molecule has 1 saturated carbocycles. The molecule has 1 aromatic rings. The Hall–Kier alpha value is -1.88. The first-order valence-electron chi connectivity index (χ1n) is 9.66. The summed E-state index contributed by atoms with van der Waals surface area (Å²) in [6.45, 7) is 6.75. The van der Waals surface area contributed by atoms with Gasteiger partial charge in [-0.3, -0.25) is 4.79 Å². The van der Waals surface area contributed by atoms with E-state index in [2.05, 4.69) is 43.3 Å². The van der Waals surface area contributed by atoms with Gasteiger partial charge in [0.1, 0.15) is 0 Å². The summed E-state index contributed by atoms with van der Waals surface area (Å²) in [5.74, 6) is -0.745. The Labute approximate surface area is 157 Å². The third-order valence-corrected chi connectivity index (χ3v) is 4.69. The summed E-state index contributed by atoms with van der Waals surface area (Å²) in [6, 6.07) is 8.68. The van der Waals surface area contributed by atoms with E-state index in [1.807, 2.05) is 0 Å². The van der Waals surface area contributed by atoms with E-state index in [1.54, 1.807) is 6.92 Å². The molecule has 0 aliphatic heterocycles. The van der Waals surface area contributed by atoms with Crippen molar-refractivity contribution in [3.05, 3.63) is 35.4 Å². The number of ether oxygens (including phenoxy) is 1. The molecule has 1 fully saturated rings. The molecule has 2 N–H and O–H groups in total. The van der Waals surface area contributed by atoms with Crippen molar-refractivity contribution >= 4 is 11.7 Å². The average molecular weight is 363 g/mol. The average Bonchev–Trinajstić information content (AvgIpc) is 2.68. The molecule has 1 aliphatic rings. The maximum atomic E-state index is 9.37. The number of rotatable bonds is 7. The van der Waals surface area contributed by atoms with E-state index in [9.17, 15) is 4.79 Å². The fourth-order valence-corrected chi connectivity index (χ4v) is 3.28. The summed E-state index contributed by atoms with van der Waals surface area (Å²) in [5, 5.41) is 20.1. The molecule has 0 saturated heterocycles. The number of carboxylic acids is 1. The number of aryl methyl sites for hydroxylation is 1. The quantitative estimate of drug-likeness (QED) is 0.519. The molecule has 1 aromatic carbocycles. The lowest BCUT2D eigenvalue weighted by Crippen LogP contribution is -2.36. The van der Waals surface area contributed by atoms with Gasteiger partial charge in [0.2, 0.25) is 0 Å². The number of carbonyl (C=O) groups is 1. The van der Waals surface area contributed by atoms with Gasteiger partial charge in [0.15, 0.2) is 0 Å². The number of hydrogen-bond donors (Lipinski definition) is 2. The molecule has 5 nitrogen and oxygen atoms in total. The Bertz CT molecular complexity index is 573. The lowest BCUT2D eigenvalue weighted by atomic mass is 9.76. The van der Waals surface area contributed by atoms with Crippen LogP contribution in [0.1, 0.15) is 76.8 Å². The van der Waals surface area contributed by atoms with Crippen LogP contribution >= 0.6 is 0 Å². The van der Waals surface area contributed by atoms with Crippen molar-refractivity contribution < 1.29 is 19.8 Å². The SMILES string of the molecule is CCC(=O)O.CCCOC1(c2ccccc2CCC)CCC(=NO)CC1. The number of carboxylic acid groups (broad SMARTS) is 1. The number of nitrogens with zero attached hydrogens (tertiary/aromatic N) is 1. The van der Waals surface area contributed by atoms with E-state index in [4.69, 9.17) is 15.1 Å². The fourth-order valence-electron chi connectivity index (χ4n) is 3.28. The molecule has 2 rings (SSSR count). The zero-order valence-electron chi connectivity index (χ0n) is 16.3. The molecule has 0 atom stereocenters. The number of oxime groups is 1. The maximum absolute atomic E-state index is 9.37. The summed E-state index contributed by atoms with van der Waals surface area (Å²) >= 11 is 0. The molecule has 0 spiro atoms. The summed E-state index contributed by atoms with van der Waals surface area (Å²) in [6.07, 6.45) is 6.94. The minimum absolute atomic E-state index is 0.198. The van der Waals surface area contributed by atoms with Gasteiger partial charge in [-0.05, 0) is 49.7 Å². The molecule has 0 radical (unpaired) electrons. The Kier molecular flexibility index (Phi) is 9.96. The number of hydrogen-bond acceptors (Lipinski definition) is 4. The Balaban J connectivity index is 0.000000597. The van der Waals surface area contributed by atoms with E-state index in [-0.39, 0.29) is 12.0 Å². The van der Waals surface area contributed by atoms with Crippen molar-refractivity contribution in [2.75, 3.05) is 6.61 Å². The van der Waals surface area contributed by atoms with Crippen molar-refractivity contribution in [1.29, 1.82) is 0 Å². The van der Waals surface area contributed by atoms with Crippen LogP contribution in [0, 0.1) is 0 Å². The van der Waals surface area contributed by atoms with Gasteiger partial charge < -0.3 is 15.1 Å². The van der Waals surface area contributed by atoms with Gasteiger partial charge in [-0.1, -0.05) is 56.6 Å². The highest BCUT2D eigenvalue weighted by molar-refractivity contribution is 5.84. The summed E-state index contributed by atoms with van der Waals surface area (Å²) < 4.78 is 6.35. The molecular formula is C21H33NO4. The Morgan fingerprint density at radius 2 is 1.77 bits per heavy atom. The predicted octanol–water partition coefficient (Wildman–Crippen LogP) is 5.15. The molecule has 0 unspecified atom stereocenters. The zero-order valence-corrected chi connectivity index (χ0v) is 16.3. The summed E-state index contributed by atoms with van der Waals surface area (Å²) in [5.41, 5.74) is 3.45. The third-order valence-electron chi connectivity index (χ3n) is 4.69. The van der Waals surface area contributed by atoms with E-state index in [0.717, 1.165) is 57.3 Å². The smallest absolute Gasteiger partial charge is 0.303 e. The molecule has 0 amide bonds. The predicted molar refractivity (Wildman–Crippen MR) is 104 cm³/mol. The zero-order chi connectivity index (χ0) is 19.4. The minimum atomic E-state index is -0.745. The van der Waals surface area contributed by atoms with Crippen LogP contribution in [-0.4, -0.2) is 28.6 Å². The van der Waals surface area contributed by atoms with Gasteiger partial charge in [-0.2, -0.15) is 0 Å². The minimum Gasteiger partial charge on any atom is -0.481 e. The van der Waals surface area contributed by atoms with Crippen LogP contribution in [0.15, 0.2) is 29.4 Å². The molecule has 0 heterocycles. The van der Waals surface area contributed by atoms with E-state index < -0.39 is 5.97 Å². The molecular weight excluding hydrogens is 330 g/mol. The summed E-state index contributed by atoms with van der Waals surface area (Å²) in [4.78, 5) is 9.37. The first-order chi connectivity index (χ1) is 12.5. The second-order valence-electron chi connectivity index (χ2n) is 6.66. The molecule has 146 valence electrons. The van der Waals surface area contributed by atoms with Gasteiger partial charge >= 0.3 is 5.97 Å². The third kappa shape index (κ3) is 6.45. The molecule has 0 aromatic heterocycles. The fraction of sp³-hybridized carbons (Fsp3) is 0.619. The second kappa shape index (κ2) is 11.7. The lowest BCUT2D eigenvalue weighted by Gasteiger charge is -2.39. The van der Waals surface area contributed by atoms with Crippen LogP contribution in [0.5, 0.6) is 0 Å². The first-order valence-corrected chi connectivity index (χ1v) is 9.66.